The highest BCUT2D eigenvalue weighted by Crippen LogP contribution is 2.16. The molecule has 0 fully saturated rings. The summed E-state index contributed by atoms with van der Waals surface area (Å²) >= 11 is 0. The quantitative estimate of drug-likeness (QED) is 0.917. The first-order valence-electron chi connectivity index (χ1n) is 6.51. The van der Waals surface area contributed by atoms with Gasteiger partial charge >= 0.3 is 0 Å². The molecule has 2 rings (SSSR count). The summed E-state index contributed by atoms with van der Waals surface area (Å²) in [7, 11) is -3.50. The van der Waals surface area contributed by atoms with E-state index >= 15 is 0 Å². The van der Waals surface area contributed by atoms with Crippen LogP contribution in [0.25, 0.3) is 0 Å². The summed E-state index contributed by atoms with van der Waals surface area (Å²) in [6, 6.07) is 7.13. The van der Waals surface area contributed by atoms with Gasteiger partial charge in [-0.15, -0.1) is 0 Å². The second-order valence-corrected chi connectivity index (χ2v) is 6.47. The molecule has 0 aliphatic carbocycles. The van der Waals surface area contributed by atoms with Gasteiger partial charge in [0.2, 0.25) is 10.0 Å². The van der Waals surface area contributed by atoms with Gasteiger partial charge in [0.1, 0.15) is 0 Å². The molecule has 0 atom stereocenters. The number of hydrogen-bond donors (Lipinski definition) is 1. The van der Waals surface area contributed by atoms with Crippen molar-refractivity contribution in [2.45, 2.75) is 38.8 Å². The number of nitrogens with zero attached hydrogens (tertiary/aromatic N) is 2. The standard InChI is InChI=1S/C14H19N3O2S/c1-4-17-13(7-8-15-17)10-16-20(18,19)14-6-5-11(2)9-12(14)3/h5-9,16H,4,10H2,1-3H3. The van der Waals surface area contributed by atoms with Crippen LogP contribution in [-0.2, 0) is 23.1 Å². The Morgan fingerprint density at radius 2 is 2.00 bits per heavy atom. The predicted octanol–water partition coefficient (Wildman–Crippen LogP) is 2.00. The second-order valence-electron chi connectivity index (χ2n) is 4.73. The van der Waals surface area contributed by atoms with Gasteiger partial charge in [0.15, 0.2) is 0 Å². The molecule has 1 N–H and O–H groups in total. The van der Waals surface area contributed by atoms with E-state index in [0.29, 0.717) is 11.4 Å². The van der Waals surface area contributed by atoms with Crippen molar-refractivity contribution in [2.24, 2.45) is 0 Å². The molecule has 0 unspecified atom stereocenters. The molecule has 2 aromatic rings. The van der Waals surface area contributed by atoms with E-state index in [-0.39, 0.29) is 6.54 Å². The first kappa shape index (κ1) is 14.7. The third-order valence-electron chi connectivity index (χ3n) is 3.17. The number of sulfonamides is 1. The Morgan fingerprint density at radius 3 is 2.65 bits per heavy atom. The topological polar surface area (TPSA) is 64.0 Å². The lowest BCUT2D eigenvalue weighted by Crippen LogP contribution is -2.25. The van der Waals surface area contributed by atoms with Gasteiger partial charge in [-0.3, -0.25) is 4.68 Å². The van der Waals surface area contributed by atoms with Crippen LogP contribution in [0.2, 0.25) is 0 Å². The van der Waals surface area contributed by atoms with Crippen LogP contribution in [0.15, 0.2) is 35.4 Å². The Hall–Kier alpha value is -1.66. The van der Waals surface area contributed by atoms with Gasteiger partial charge in [-0.05, 0) is 38.5 Å². The number of nitrogens with one attached hydrogen (secondary N) is 1. The SMILES string of the molecule is CCn1nccc1CNS(=O)(=O)c1ccc(C)cc1C. The molecular weight excluding hydrogens is 274 g/mol. The average molecular weight is 293 g/mol. The van der Waals surface area contributed by atoms with Crippen molar-refractivity contribution < 1.29 is 8.42 Å². The average Bonchev–Trinajstić information content (AvgIpc) is 2.83. The summed E-state index contributed by atoms with van der Waals surface area (Å²) in [5.74, 6) is 0. The molecule has 0 saturated heterocycles. The molecule has 0 aliphatic rings. The number of aryl methyl sites for hydroxylation is 3. The summed E-state index contributed by atoms with van der Waals surface area (Å²) in [5, 5.41) is 4.12. The van der Waals surface area contributed by atoms with Crippen molar-refractivity contribution in [3.8, 4) is 0 Å². The first-order chi connectivity index (χ1) is 9.44. The minimum absolute atomic E-state index is 0.240. The Balaban J connectivity index is 2.19. The van der Waals surface area contributed by atoms with Crippen molar-refractivity contribution in [3.63, 3.8) is 0 Å². The fourth-order valence-corrected chi connectivity index (χ4v) is 3.37. The summed E-state index contributed by atoms with van der Waals surface area (Å²) in [6.45, 7) is 6.67. The molecule has 0 bridgehead atoms. The van der Waals surface area contributed by atoms with Gasteiger partial charge in [-0.25, -0.2) is 13.1 Å². The van der Waals surface area contributed by atoms with Gasteiger partial charge in [0, 0.05) is 12.7 Å². The van der Waals surface area contributed by atoms with E-state index in [0.717, 1.165) is 16.8 Å². The van der Waals surface area contributed by atoms with E-state index in [9.17, 15) is 8.42 Å². The summed E-state index contributed by atoms with van der Waals surface area (Å²) < 4.78 is 29.0. The molecule has 5 nitrogen and oxygen atoms in total. The molecule has 1 aromatic heterocycles. The Kier molecular flexibility index (Phi) is 4.25. The maximum atomic E-state index is 12.3. The normalized spacial score (nSPS) is 11.8. The zero-order valence-corrected chi connectivity index (χ0v) is 12.7. The van der Waals surface area contributed by atoms with Crippen LogP contribution in [0.3, 0.4) is 0 Å². The van der Waals surface area contributed by atoms with Gasteiger partial charge in [0.25, 0.3) is 0 Å². The van der Waals surface area contributed by atoms with Crippen LogP contribution in [-0.4, -0.2) is 18.2 Å². The Bertz CT molecular complexity index is 705. The minimum Gasteiger partial charge on any atom is -0.269 e. The summed E-state index contributed by atoms with van der Waals surface area (Å²) in [6.07, 6.45) is 1.67. The highest BCUT2D eigenvalue weighted by Gasteiger charge is 2.17. The molecule has 108 valence electrons. The second kappa shape index (κ2) is 5.76. The van der Waals surface area contributed by atoms with E-state index in [4.69, 9.17) is 0 Å². The first-order valence-corrected chi connectivity index (χ1v) is 8.00. The van der Waals surface area contributed by atoms with E-state index in [1.807, 2.05) is 26.0 Å². The number of rotatable bonds is 5. The summed E-state index contributed by atoms with van der Waals surface area (Å²) in [4.78, 5) is 0.325. The minimum atomic E-state index is -3.50. The van der Waals surface area contributed by atoms with Crippen LogP contribution in [0, 0.1) is 13.8 Å². The van der Waals surface area contributed by atoms with Gasteiger partial charge in [0.05, 0.1) is 17.1 Å². The van der Waals surface area contributed by atoms with Crippen LogP contribution in [0.1, 0.15) is 23.7 Å². The molecule has 0 aliphatic heterocycles. The van der Waals surface area contributed by atoms with Crippen LogP contribution < -0.4 is 4.72 Å². The zero-order valence-electron chi connectivity index (χ0n) is 11.9. The third kappa shape index (κ3) is 3.08. The molecule has 0 saturated carbocycles. The molecular formula is C14H19N3O2S. The maximum Gasteiger partial charge on any atom is 0.241 e. The molecule has 6 heteroatoms. The van der Waals surface area contributed by atoms with Crippen molar-refractivity contribution in [2.75, 3.05) is 0 Å². The van der Waals surface area contributed by atoms with E-state index < -0.39 is 10.0 Å². The fourth-order valence-electron chi connectivity index (χ4n) is 2.14. The number of benzene rings is 1. The molecule has 1 heterocycles. The highest BCUT2D eigenvalue weighted by atomic mass is 32.2. The number of hydrogen-bond acceptors (Lipinski definition) is 3. The van der Waals surface area contributed by atoms with E-state index in [1.165, 1.54) is 0 Å². The lowest BCUT2D eigenvalue weighted by atomic mass is 10.2. The molecule has 0 radical (unpaired) electrons. The van der Waals surface area contributed by atoms with E-state index in [1.54, 1.807) is 29.9 Å². The van der Waals surface area contributed by atoms with Crippen molar-refractivity contribution >= 4 is 10.0 Å². The van der Waals surface area contributed by atoms with E-state index in [2.05, 4.69) is 9.82 Å². The lowest BCUT2D eigenvalue weighted by molar-refractivity contribution is 0.570. The van der Waals surface area contributed by atoms with Gasteiger partial charge < -0.3 is 0 Å². The van der Waals surface area contributed by atoms with Crippen LogP contribution >= 0.6 is 0 Å². The van der Waals surface area contributed by atoms with Crippen molar-refractivity contribution in [3.05, 3.63) is 47.3 Å². The smallest absolute Gasteiger partial charge is 0.241 e. The number of aromatic nitrogens is 2. The molecule has 1 aromatic carbocycles. The van der Waals surface area contributed by atoms with Crippen LogP contribution in [0.4, 0.5) is 0 Å². The molecule has 0 spiro atoms. The largest absolute Gasteiger partial charge is 0.269 e. The van der Waals surface area contributed by atoms with Gasteiger partial charge in [-0.1, -0.05) is 17.7 Å². The molecule has 0 amide bonds. The van der Waals surface area contributed by atoms with Gasteiger partial charge in [-0.2, -0.15) is 5.10 Å². The third-order valence-corrected chi connectivity index (χ3v) is 4.73. The maximum absolute atomic E-state index is 12.3. The van der Waals surface area contributed by atoms with Crippen LogP contribution in [0.5, 0.6) is 0 Å². The fraction of sp³-hybridized carbons (Fsp3) is 0.357. The van der Waals surface area contributed by atoms with Crippen molar-refractivity contribution in [1.82, 2.24) is 14.5 Å². The lowest BCUT2D eigenvalue weighted by Gasteiger charge is -2.10. The molecule has 20 heavy (non-hydrogen) atoms. The Labute approximate surface area is 119 Å². The Morgan fingerprint density at radius 1 is 1.25 bits per heavy atom. The zero-order chi connectivity index (χ0) is 14.8. The van der Waals surface area contributed by atoms with Crippen molar-refractivity contribution in [1.29, 1.82) is 0 Å². The predicted molar refractivity (Wildman–Crippen MR) is 77.8 cm³/mol. The monoisotopic (exact) mass is 293 g/mol. The highest BCUT2D eigenvalue weighted by molar-refractivity contribution is 7.89. The summed E-state index contributed by atoms with van der Waals surface area (Å²) in [5.41, 5.74) is 2.65.